The van der Waals surface area contributed by atoms with Crippen LogP contribution >= 0.6 is 0 Å². The first-order valence-corrected chi connectivity index (χ1v) is 8.79. The van der Waals surface area contributed by atoms with Crippen LogP contribution in [-0.4, -0.2) is 49.5 Å². The van der Waals surface area contributed by atoms with Crippen LogP contribution in [0, 0.1) is 11.8 Å². The van der Waals surface area contributed by atoms with Crippen molar-refractivity contribution in [3.8, 4) is 0 Å². The van der Waals surface area contributed by atoms with Gasteiger partial charge in [0.1, 0.15) is 17.0 Å². The molecule has 3 atom stereocenters. The summed E-state index contributed by atoms with van der Waals surface area (Å²) in [5.74, 6) is 1.95. The molecule has 1 aliphatic heterocycles. The van der Waals surface area contributed by atoms with Crippen LogP contribution in [0.3, 0.4) is 0 Å². The number of nitrogens with one attached hydrogen (secondary N) is 1. The zero-order chi connectivity index (χ0) is 17.7. The number of aromatic nitrogens is 5. The molecule has 26 heavy (non-hydrogen) atoms. The molecule has 8 heteroatoms. The van der Waals surface area contributed by atoms with Crippen molar-refractivity contribution in [2.24, 2.45) is 18.9 Å². The molecular formula is C18H19N7O. The van der Waals surface area contributed by atoms with Crippen molar-refractivity contribution in [1.82, 2.24) is 29.8 Å². The lowest BCUT2D eigenvalue weighted by atomic mass is 9.71. The minimum Gasteiger partial charge on any atom is -0.356 e. The average Bonchev–Trinajstić information content (AvgIpc) is 3.22. The highest BCUT2D eigenvalue weighted by atomic mass is 16.2. The van der Waals surface area contributed by atoms with Gasteiger partial charge in [-0.25, -0.2) is 15.0 Å². The smallest absolute Gasteiger partial charge is 0.269 e. The summed E-state index contributed by atoms with van der Waals surface area (Å²) in [6.45, 7) is 1.88. The maximum atomic E-state index is 12.4. The Balaban J connectivity index is 1.28. The van der Waals surface area contributed by atoms with Crippen molar-refractivity contribution in [1.29, 1.82) is 0 Å². The van der Waals surface area contributed by atoms with E-state index in [0.29, 0.717) is 23.2 Å². The third kappa shape index (κ3) is 2.40. The molecule has 0 spiro atoms. The number of nitrogens with zero attached hydrogens (tertiary/aromatic N) is 6. The van der Waals surface area contributed by atoms with Gasteiger partial charge in [-0.2, -0.15) is 0 Å². The highest BCUT2D eigenvalue weighted by molar-refractivity contribution is 5.92. The Morgan fingerprint density at radius 2 is 2.12 bits per heavy atom. The Morgan fingerprint density at radius 3 is 2.96 bits per heavy atom. The largest absolute Gasteiger partial charge is 0.356 e. The molecule has 2 aliphatic rings. The van der Waals surface area contributed by atoms with Crippen LogP contribution in [0.4, 0.5) is 5.82 Å². The van der Waals surface area contributed by atoms with E-state index in [0.717, 1.165) is 30.8 Å². The zero-order valence-corrected chi connectivity index (χ0v) is 14.4. The number of carbonyl (C=O) groups is 1. The molecule has 3 unspecified atom stereocenters. The van der Waals surface area contributed by atoms with Gasteiger partial charge in [-0.05, 0) is 24.5 Å². The first-order chi connectivity index (χ1) is 12.7. The molecule has 3 aromatic heterocycles. The third-order valence-electron chi connectivity index (χ3n) is 5.57. The minimum atomic E-state index is -0.0500. The van der Waals surface area contributed by atoms with Crippen LogP contribution in [0.5, 0.6) is 0 Å². The topological polar surface area (TPSA) is 88.8 Å². The summed E-state index contributed by atoms with van der Waals surface area (Å²) in [5.41, 5.74) is 2.07. The van der Waals surface area contributed by atoms with Gasteiger partial charge in [-0.15, -0.1) is 0 Å². The second kappa shape index (κ2) is 5.76. The van der Waals surface area contributed by atoms with E-state index < -0.39 is 0 Å². The number of hydrogen-bond donors (Lipinski definition) is 1. The van der Waals surface area contributed by atoms with Gasteiger partial charge in [0, 0.05) is 44.5 Å². The fraction of sp³-hybridized carbons (Fsp3) is 0.389. The van der Waals surface area contributed by atoms with E-state index in [2.05, 4.69) is 30.2 Å². The minimum absolute atomic E-state index is 0.0500. The summed E-state index contributed by atoms with van der Waals surface area (Å²) >= 11 is 0. The van der Waals surface area contributed by atoms with Gasteiger partial charge in [0.2, 0.25) is 0 Å². The number of imidazole rings is 1. The third-order valence-corrected chi connectivity index (χ3v) is 5.57. The number of rotatable bonds is 3. The van der Waals surface area contributed by atoms with E-state index in [1.807, 2.05) is 19.2 Å². The van der Waals surface area contributed by atoms with Gasteiger partial charge in [0.05, 0.1) is 12.5 Å². The maximum Gasteiger partial charge on any atom is 0.269 e. The molecule has 8 nitrogen and oxygen atoms in total. The van der Waals surface area contributed by atoms with Crippen LogP contribution in [0.15, 0.2) is 37.1 Å². The average molecular weight is 349 g/mol. The number of amides is 1. The van der Waals surface area contributed by atoms with Gasteiger partial charge in [0.15, 0.2) is 5.65 Å². The molecule has 0 radical (unpaired) electrons. The van der Waals surface area contributed by atoms with Crippen molar-refractivity contribution in [3.63, 3.8) is 0 Å². The molecule has 1 amide bonds. The molecule has 1 aliphatic carbocycles. The van der Waals surface area contributed by atoms with Crippen LogP contribution in [0.1, 0.15) is 16.9 Å². The van der Waals surface area contributed by atoms with Gasteiger partial charge >= 0.3 is 0 Å². The van der Waals surface area contributed by atoms with Crippen molar-refractivity contribution in [3.05, 3.63) is 42.7 Å². The summed E-state index contributed by atoms with van der Waals surface area (Å²) in [6.07, 6.45) is 7.60. The molecule has 2 fully saturated rings. The maximum absolute atomic E-state index is 12.4. The standard InChI is InChI=1S/C18H19N7O/c1-24-10-19-7-15(24)18(26)22-14-6-11-8-25(9-12(11)14)16-3-2-13-17(23-16)21-5-4-20-13/h2-5,7,10-12,14H,6,8-9H2,1H3,(H,22,26). The fourth-order valence-corrected chi connectivity index (χ4v) is 4.10. The quantitative estimate of drug-likeness (QED) is 0.759. The first-order valence-electron chi connectivity index (χ1n) is 8.79. The number of anilines is 1. The normalized spacial score (nSPS) is 24.3. The van der Waals surface area contributed by atoms with Gasteiger partial charge in [0.25, 0.3) is 5.91 Å². The number of hydrogen-bond acceptors (Lipinski definition) is 6. The summed E-state index contributed by atoms with van der Waals surface area (Å²) in [4.78, 5) is 31.9. The SMILES string of the molecule is Cn1cncc1C(=O)NC1CC2CN(c3ccc4nccnc4n3)CC21. The molecule has 132 valence electrons. The number of aryl methyl sites for hydroxylation is 1. The van der Waals surface area contributed by atoms with Crippen LogP contribution in [0.25, 0.3) is 11.2 Å². The molecule has 1 N–H and O–H groups in total. The van der Waals surface area contributed by atoms with Crippen molar-refractivity contribution >= 4 is 22.9 Å². The van der Waals surface area contributed by atoms with E-state index in [-0.39, 0.29) is 11.9 Å². The molecule has 3 aromatic rings. The number of fused-ring (bicyclic) bond motifs is 2. The fourth-order valence-electron chi connectivity index (χ4n) is 4.10. The summed E-state index contributed by atoms with van der Waals surface area (Å²) in [7, 11) is 1.83. The molecule has 1 saturated carbocycles. The monoisotopic (exact) mass is 349 g/mol. The zero-order valence-electron chi connectivity index (χ0n) is 14.4. The molecule has 4 heterocycles. The van der Waals surface area contributed by atoms with Crippen LogP contribution < -0.4 is 10.2 Å². The van der Waals surface area contributed by atoms with Crippen molar-refractivity contribution in [2.45, 2.75) is 12.5 Å². The Labute approximate surface area is 150 Å². The van der Waals surface area contributed by atoms with Crippen LogP contribution in [-0.2, 0) is 7.05 Å². The predicted molar refractivity (Wildman–Crippen MR) is 95.6 cm³/mol. The summed E-state index contributed by atoms with van der Waals surface area (Å²) < 4.78 is 1.74. The number of pyridine rings is 1. The molecule has 5 rings (SSSR count). The van der Waals surface area contributed by atoms with Gasteiger partial charge < -0.3 is 14.8 Å². The Morgan fingerprint density at radius 1 is 1.23 bits per heavy atom. The van der Waals surface area contributed by atoms with E-state index in [4.69, 9.17) is 0 Å². The highest BCUT2D eigenvalue weighted by Crippen LogP contribution is 2.42. The lowest BCUT2D eigenvalue weighted by Crippen LogP contribution is -2.52. The van der Waals surface area contributed by atoms with Crippen LogP contribution in [0.2, 0.25) is 0 Å². The lowest BCUT2D eigenvalue weighted by Gasteiger charge is -2.39. The van der Waals surface area contributed by atoms with Crippen molar-refractivity contribution in [2.75, 3.05) is 18.0 Å². The Hall–Kier alpha value is -3.03. The molecule has 1 saturated heterocycles. The highest BCUT2D eigenvalue weighted by Gasteiger charge is 2.48. The second-order valence-electron chi connectivity index (χ2n) is 7.10. The molecule has 0 aromatic carbocycles. The van der Waals surface area contributed by atoms with Crippen molar-refractivity contribution < 1.29 is 4.79 Å². The van der Waals surface area contributed by atoms with E-state index in [1.54, 1.807) is 29.5 Å². The summed E-state index contributed by atoms with van der Waals surface area (Å²) in [6, 6.07) is 4.19. The Kier molecular flexibility index (Phi) is 3.37. The van der Waals surface area contributed by atoms with E-state index >= 15 is 0 Å². The first kappa shape index (κ1) is 15.2. The number of carbonyl (C=O) groups excluding carboxylic acids is 1. The second-order valence-corrected chi connectivity index (χ2v) is 7.10. The Bertz CT molecular complexity index is 984. The summed E-state index contributed by atoms with van der Waals surface area (Å²) in [5, 5.41) is 3.16. The predicted octanol–water partition coefficient (Wildman–Crippen LogP) is 1.01. The van der Waals surface area contributed by atoms with Gasteiger partial charge in [-0.1, -0.05) is 0 Å². The van der Waals surface area contributed by atoms with E-state index in [9.17, 15) is 4.79 Å². The lowest BCUT2D eigenvalue weighted by molar-refractivity contribution is 0.0824. The molecule has 0 bridgehead atoms. The molecular weight excluding hydrogens is 330 g/mol. The van der Waals surface area contributed by atoms with E-state index in [1.165, 1.54) is 0 Å². The van der Waals surface area contributed by atoms with Gasteiger partial charge in [-0.3, -0.25) is 9.78 Å².